The summed E-state index contributed by atoms with van der Waals surface area (Å²) in [7, 11) is 1.83. The number of benzene rings is 1. The van der Waals surface area contributed by atoms with Crippen molar-refractivity contribution in [1.82, 2.24) is 14.8 Å². The van der Waals surface area contributed by atoms with Crippen LogP contribution in [0.25, 0.3) is 11.0 Å². The number of carbonyl (C=O) groups excluding carboxylic acids is 1. The number of aryl methyl sites for hydroxylation is 3. The van der Waals surface area contributed by atoms with E-state index >= 15 is 0 Å². The van der Waals surface area contributed by atoms with Crippen LogP contribution in [0.15, 0.2) is 41.8 Å². The van der Waals surface area contributed by atoms with Crippen molar-refractivity contribution in [2.45, 2.75) is 26.8 Å². The van der Waals surface area contributed by atoms with E-state index in [1.807, 2.05) is 56.5 Å². The van der Waals surface area contributed by atoms with Gasteiger partial charge in [0.05, 0.1) is 16.8 Å². The van der Waals surface area contributed by atoms with E-state index in [1.54, 1.807) is 4.68 Å². The zero-order valence-corrected chi connectivity index (χ0v) is 19.2. The van der Waals surface area contributed by atoms with Crippen molar-refractivity contribution in [1.29, 1.82) is 0 Å². The lowest BCUT2D eigenvalue weighted by atomic mass is 10.1. The predicted octanol–water partition coefficient (Wildman–Crippen LogP) is 4.23. The molecule has 0 unspecified atom stereocenters. The number of hydrogen-bond donors (Lipinski definition) is 1. The van der Waals surface area contributed by atoms with Gasteiger partial charge in [0.25, 0.3) is 5.91 Å². The second-order valence-corrected chi connectivity index (χ2v) is 9.10. The molecule has 5 rings (SSSR count). The number of fused-ring (bicyclic) bond motifs is 2. The van der Waals surface area contributed by atoms with Gasteiger partial charge in [0, 0.05) is 30.7 Å². The highest BCUT2D eigenvalue weighted by Gasteiger charge is 2.21. The molecule has 32 heavy (non-hydrogen) atoms. The number of ether oxygens (including phenoxy) is 1. The van der Waals surface area contributed by atoms with E-state index in [2.05, 4.69) is 37.8 Å². The summed E-state index contributed by atoms with van der Waals surface area (Å²) in [5.41, 5.74) is 5.88. The van der Waals surface area contributed by atoms with Crippen LogP contribution in [-0.4, -0.2) is 33.8 Å². The summed E-state index contributed by atoms with van der Waals surface area (Å²) in [6, 6.07) is 12.1. The average Bonchev–Trinajstić information content (AvgIpc) is 3.36. The molecule has 0 saturated heterocycles. The number of thiophene rings is 1. The van der Waals surface area contributed by atoms with Crippen LogP contribution in [0.3, 0.4) is 0 Å². The molecule has 0 radical (unpaired) electrons. The monoisotopic (exact) mass is 447 g/mol. The molecule has 7 nitrogen and oxygen atoms in total. The van der Waals surface area contributed by atoms with Gasteiger partial charge in [-0.2, -0.15) is 0 Å². The van der Waals surface area contributed by atoms with Gasteiger partial charge in [-0.3, -0.25) is 4.79 Å². The molecule has 0 atom stereocenters. The van der Waals surface area contributed by atoms with Gasteiger partial charge >= 0.3 is 0 Å². The molecular weight excluding hydrogens is 422 g/mol. The number of pyridine rings is 1. The number of anilines is 2. The SMILES string of the molecule is Cc1cc(C)c2c(OCC(=O)Nc3ccccc3N3CCc4sccc4C3)nn(C)c2n1. The Bertz CT molecular complexity index is 1310. The number of para-hydroxylation sites is 2. The molecule has 1 amide bonds. The summed E-state index contributed by atoms with van der Waals surface area (Å²) in [5, 5.41) is 10.4. The number of hydrogen-bond acceptors (Lipinski definition) is 6. The Balaban J connectivity index is 1.30. The molecule has 164 valence electrons. The maximum absolute atomic E-state index is 12.8. The molecule has 0 bridgehead atoms. The fraction of sp³-hybridized carbons (Fsp3) is 0.292. The Morgan fingerprint density at radius 2 is 2.09 bits per heavy atom. The van der Waals surface area contributed by atoms with Crippen LogP contribution in [0, 0.1) is 13.8 Å². The third-order valence-electron chi connectivity index (χ3n) is 5.75. The summed E-state index contributed by atoms with van der Waals surface area (Å²) in [6.07, 6.45) is 1.03. The first-order valence-corrected chi connectivity index (χ1v) is 11.5. The summed E-state index contributed by atoms with van der Waals surface area (Å²) >= 11 is 1.82. The molecule has 0 saturated carbocycles. The Labute approximate surface area is 190 Å². The van der Waals surface area contributed by atoms with Gasteiger partial charge in [0.2, 0.25) is 5.88 Å². The summed E-state index contributed by atoms with van der Waals surface area (Å²) < 4.78 is 7.51. The smallest absolute Gasteiger partial charge is 0.262 e. The topological polar surface area (TPSA) is 72.3 Å². The van der Waals surface area contributed by atoms with Gasteiger partial charge < -0.3 is 15.0 Å². The van der Waals surface area contributed by atoms with Gasteiger partial charge in [-0.1, -0.05) is 12.1 Å². The minimum absolute atomic E-state index is 0.123. The fourth-order valence-corrected chi connectivity index (χ4v) is 5.17. The van der Waals surface area contributed by atoms with Crippen molar-refractivity contribution < 1.29 is 9.53 Å². The molecule has 8 heteroatoms. The van der Waals surface area contributed by atoms with Crippen molar-refractivity contribution in [3.8, 4) is 5.88 Å². The Hall–Kier alpha value is -3.39. The fourth-order valence-electron chi connectivity index (χ4n) is 4.28. The maximum Gasteiger partial charge on any atom is 0.262 e. The Morgan fingerprint density at radius 3 is 2.97 bits per heavy atom. The first-order valence-electron chi connectivity index (χ1n) is 10.6. The van der Waals surface area contributed by atoms with E-state index in [9.17, 15) is 4.79 Å². The second kappa shape index (κ2) is 8.27. The van der Waals surface area contributed by atoms with Crippen molar-refractivity contribution in [3.63, 3.8) is 0 Å². The lowest BCUT2D eigenvalue weighted by molar-refractivity contribution is -0.118. The highest BCUT2D eigenvalue weighted by atomic mass is 32.1. The van der Waals surface area contributed by atoms with Gasteiger partial charge in [0.1, 0.15) is 0 Å². The zero-order valence-electron chi connectivity index (χ0n) is 18.4. The van der Waals surface area contributed by atoms with Crippen molar-refractivity contribution >= 4 is 39.7 Å². The number of nitrogens with one attached hydrogen (secondary N) is 1. The molecule has 1 N–H and O–H groups in total. The second-order valence-electron chi connectivity index (χ2n) is 8.10. The average molecular weight is 448 g/mol. The normalized spacial score (nSPS) is 13.3. The van der Waals surface area contributed by atoms with E-state index in [0.29, 0.717) is 5.88 Å². The third-order valence-corrected chi connectivity index (χ3v) is 6.78. The van der Waals surface area contributed by atoms with Gasteiger partial charge in [-0.05, 0) is 61.0 Å². The van der Waals surface area contributed by atoms with Crippen molar-refractivity contribution in [2.24, 2.45) is 7.05 Å². The standard InChI is InChI=1S/C24H25N5O2S/c1-15-12-16(2)25-23-22(15)24(27-28(23)3)31-14-21(30)26-18-6-4-5-7-19(18)29-10-8-20-17(13-29)9-11-32-20/h4-7,9,11-12H,8,10,13-14H2,1-3H3,(H,26,30). The molecule has 4 heterocycles. The van der Waals surface area contributed by atoms with Crippen LogP contribution < -0.4 is 15.0 Å². The largest absolute Gasteiger partial charge is 0.466 e. The lowest BCUT2D eigenvalue weighted by Crippen LogP contribution is -2.30. The summed E-state index contributed by atoms with van der Waals surface area (Å²) in [6.45, 7) is 5.62. The van der Waals surface area contributed by atoms with E-state index < -0.39 is 0 Å². The van der Waals surface area contributed by atoms with Crippen molar-refractivity contribution in [2.75, 3.05) is 23.4 Å². The van der Waals surface area contributed by atoms with Crippen LogP contribution in [0.2, 0.25) is 0 Å². The van der Waals surface area contributed by atoms with Crippen LogP contribution in [0.1, 0.15) is 21.7 Å². The Morgan fingerprint density at radius 1 is 1.25 bits per heavy atom. The molecule has 3 aromatic heterocycles. The van der Waals surface area contributed by atoms with E-state index in [-0.39, 0.29) is 12.5 Å². The van der Waals surface area contributed by atoms with Gasteiger partial charge in [-0.25, -0.2) is 9.67 Å². The zero-order chi connectivity index (χ0) is 22.2. The molecular formula is C24H25N5O2S. The molecule has 1 aliphatic heterocycles. The first kappa shape index (κ1) is 20.5. The molecule has 1 aromatic carbocycles. The number of carbonyl (C=O) groups is 1. The third kappa shape index (κ3) is 3.82. The maximum atomic E-state index is 12.8. The molecule has 0 aliphatic carbocycles. The number of aromatic nitrogens is 3. The van der Waals surface area contributed by atoms with Crippen LogP contribution in [0.4, 0.5) is 11.4 Å². The summed E-state index contributed by atoms with van der Waals surface area (Å²) in [5.74, 6) is 0.208. The molecule has 0 spiro atoms. The summed E-state index contributed by atoms with van der Waals surface area (Å²) in [4.78, 5) is 21.1. The number of amides is 1. The number of rotatable bonds is 5. The molecule has 1 aliphatic rings. The van der Waals surface area contributed by atoms with Crippen molar-refractivity contribution in [3.05, 3.63) is 63.5 Å². The quantitative estimate of drug-likeness (QED) is 0.496. The lowest BCUT2D eigenvalue weighted by Gasteiger charge is -2.30. The van der Waals surface area contributed by atoms with Crippen LogP contribution in [0.5, 0.6) is 5.88 Å². The minimum Gasteiger partial charge on any atom is -0.466 e. The van der Waals surface area contributed by atoms with Crippen LogP contribution >= 0.6 is 11.3 Å². The van der Waals surface area contributed by atoms with E-state index in [0.717, 1.165) is 53.2 Å². The molecule has 4 aromatic rings. The number of nitrogens with zero attached hydrogens (tertiary/aromatic N) is 4. The minimum atomic E-state index is -0.220. The highest BCUT2D eigenvalue weighted by molar-refractivity contribution is 7.10. The Kier molecular flexibility index (Phi) is 5.30. The van der Waals surface area contributed by atoms with E-state index in [4.69, 9.17) is 4.74 Å². The van der Waals surface area contributed by atoms with Crippen LogP contribution in [-0.2, 0) is 24.8 Å². The first-order chi connectivity index (χ1) is 15.5. The van der Waals surface area contributed by atoms with E-state index in [1.165, 1.54) is 10.4 Å². The van der Waals surface area contributed by atoms with Gasteiger partial charge in [-0.15, -0.1) is 16.4 Å². The predicted molar refractivity (Wildman–Crippen MR) is 128 cm³/mol. The van der Waals surface area contributed by atoms with Gasteiger partial charge in [0.15, 0.2) is 12.3 Å². The molecule has 0 fully saturated rings. The highest BCUT2D eigenvalue weighted by Crippen LogP contribution is 2.32.